The third-order valence-electron chi connectivity index (χ3n) is 1.24. The molecule has 0 aromatic heterocycles. The summed E-state index contributed by atoms with van der Waals surface area (Å²) in [6.45, 7) is 7.41. The van der Waals surface area contributed by atoms with Crippen molar-refractivity contribution in [3.05, 3.63) is 12.3 Å². The van der Waals surface area contributed by atoms with Gasteiger partial charge in [0.25, 0.3) is 0 Å². The molecule has 0 amide bonds. The maximum absolute atomic E-state index is 3.83. The number of allylic oxidation sites excluding steroid dienone is 1. The van der Waals surface area contributed by atoms with Crippen molar-refractivity contribution < 1.29 is 0 Å². The van der Waals surface area contributed by atoms with Crippen LogP contribution in [0.4, 0.5) is 0 Å². The zero-order chi connectivity index (χ0) is 7.28. The Morgan fingerprint density at radius 2 is 2.22 bits per heavy atom. The van der Waals surface area contributed by atoms with Crippen molar-refractivity contribution in [2.75, 3.05) is 7.05 Å². The van der Waals surface area contributed by atoms with E-state index in [9.17, 15) is 0 Å². The van der Waals surface area contributed by atoms with E-state index in [0.717, 1.165) is 0 Å². The lowest BCUT2D eigenvalue weighted by molar-refractivity contribution is 0.364. The van der Waals surface area contributed by atoms with Gasteiger partial charge in [-0.1, -0.05) is 6.08 Å². The molecule has 0 aliphatic carbocycles. The average Bonchev–Trinajstić information content (AvgIpc) is 1.87. The molecule has 9 heavy (non-hydrogen) atoms. The minimum absolute atomic E-state index is 0.182. The highest BCUT2D eigenvalue weighted by Crippen LogP contribution is 1.95. The summed E-state index contributed by atoms with van der Waals surface area (Å²) < 4.78 is 0. The van der Waals surface area contributed by atoms with Gasteiger partial charge in [0, 0.05) is 7.05 Å². The second-order valence-electron chi connectivity index (χ2n) is 1.96. The van der Waals surface area contributed by atoms with Crippen molar-refractivity contribution in [3.8, 4) is 0 Å². The predicted octanol–water partition coefficient (Wildman–Crippen LogP) is 1.50. The van der Waals surface area contributed by atoms with E-state index < -0.39 is 0 Å². The predicted molar refractivity (Wildman–Crippen MR) is 41.6 cm³/mol. The summed E-state index contributed by atoms with van der Waals surface area (Å²) in [5, 5.41) is 0. The molecule has 0 saturated carbocycles. The lowest BCUT2D eigenvalue weighted by Gasteiger charge is -2.17. The molecule has 2 heteroatoms. The van der Waals surface area contributed by atoms with Crippen LogP contribution < -0.4 is 0 Å². The van der Waals surface area contributed by atoms with Crippen LogP contribution in [0.3, 0.4) is 0 Å². The van der Waals surface area contributed by atoms with Crippen LogP contribution in [-0.4, -0.2) is 24.8 Å². The van der Waals surface area contributed by atoms with Crippen molar-refractivity contribution in [1.29, 1.82) is 0 Å². The SMILES string of the molecule is C=NC(C)N(C)/C=C\C. The van der Waals surface area contributed by atoms with Gasteiger partial charge in [-0.25, -0.2) is 0 Å². The van der Waals surface area contributed by atoms with Gasteiger partial charge in [0.2, 0.25) is 0 Å². The summed E-state index contributed by atoms with van der Waals surface area (Å²) >= 11 is 0. The second kappa shape index (κ2) is 4.13. The van der Waals surface area contributed by atoms with E-state index in [4.69, 9.17) is 0 Å². The second-order valence-corrected chi connectivity index (χ2v) is 1.96. The molecule has 2 nitrogen and oxygen atoms in total. The third kappa shape index (κ3) is 2.90. The van der Waals surface area contributed by atoms with Gasteiger partial charge in [-0.3, -0.25) is 4.99 Å². The smallest absolute Gasteiger partial charge is 0.116 e. The fraction of sp³-hybridized carbons (Fsp3) is 0.571. The van der Waals surface area contributed by atoms with Crippen LogP contribution in [0.2, 0.25) is 0 Å². The summed E-state index contributed by atoms with van der Waals surface area (Å²) in [5.41, 5.74) is 0. The summed E-state index contributed by atoms with van der Waals surface area (Å²) in [4.78, 5) is 5.82. The first-order valence-corrected chi connectivity index (χ1v) is 3.03. The number of hydrogen-bond acceptors (Lipinski definition) is 2. The molecule has 0 radical (unpaired) electrons. The first-order valence-electron chi connectivity index (χ1n) is 3.03. The van der Waals surface area contributed by atoms with Gasteiger partial charge in [-0.2, -0.15) is 0 Å². The van der Waals surface area contributed by atoms with Crippen LogP contribution in [0.5, 0.6) is 0 Å². The lowest BCUT2D eigenvalue weighted by Crippen LogP contribution is -2.20. The van der Waals surface area contributed by atoms with E-state index in [1.54, 1.807) is 0 Å². The largest absolute Gasteiger partial charge is 0.360 e. The van der Waals surface area contributed by atoms with Crippen LogP contribution in [-0.2, 0) is 0 Å². The first kappa shape index (κ1) is 8.21. The average molecular weight is 126 g/mol. The van der Waals surface area contributed by atoms with Gasteiger partial charge in [-0.15, -0.1) is 0 Å². The number of hydrogen-bond donors (Lipinski definition) is 0. The molecule has 0 aromatic rings. The lowest BCUT2D eigenvalue weighted by atomic mass is 10.5. The first-order chi connectivity index (χ1) is 4.22. The van der Waals surface area contributed by atoms with E-state index in [1.165, 1.54) is 0 Å². The van der Waals surface area contributed by atoms with E-state index in [-0.39, 0.29) is 6.17 Å². The topological polar surface area (TPSA) is 15.6 Å². The maximum Gasteiger partial charge on any atom is 0.116 e. The summed E-state index contributed by atoms with van der Waals surface area (Å²) in [6.07, 6.45) is 4.13. The van der Waals surface area contributed by atoms with Crippen molar-refractivity contribution in [3.63, 3.8) is 0 Å². The van der Waals surface area contributed by atoms with Crippen LogP contribution in [0, 0.1) is 0 Å². The number of nitrogens with zero attached hydrogens (tertiary/aromatic N) is 2. The standard InChI is InChI=1S/C7H14N2/c1-5-6-9(4)7(2)8-3/h5-7H,3H2,1-2,4H3/b6-5-. The minimum Gasteiger partial charge on any atom is -0.360 e. The Morgan fingerprint density at radius 1 is 1.67 bits per heavy atom. The molecular weight excluding hydrogens is 112 g/mol. The van der Waals surface area contributed by atoms with Gasteiger partial charge >= 0.3 is 0 Å². The van der Waals surface area contributed by atoms with Gasteiger partial charge < -0.3 is 4.90 Å². The minimum atomic E-state index is 0.182. The fourth-order valence-electron chi connectivity index (χ4n) is 0.488. The molecule has 1 unspecified atom stereocenters. The Balaban J connectivity index is 3.71. The highest BCUT2D eigenvalue weighted by Gasteiger charge is 1.96. The third-order valence-corrected chi connectivity index (χ3v) is 1.24. The van der Waals surface area contributed by atoms with Crippen molar-refractivity contribution in [2.24, 2.45) is 4.99 Å². The molecule has 1 atom stereocenters. The molecule has 0 aliphatic rings. The molecule has 0 rings (SSSR count). The Morgan fingerprint density at radius 3 is 2.56 bits per heavy atom. The van der Waals surface area contributed by atoms with Crippen molar-refractivity contribution in [1.82, 2.24) is 4.90 Å². The van der Waals surface area contributed by atoms with Gasteiger partial charge in [0.05, 0.1) is 0 Å². The highest BCUT2D eigenvalue weighted by atomic mass is 15.2. The van der Waals surface area contributed by atoms with Gasteiger partial charge in [0.15, 0.2) is 0 Å². The maximum atomic E-state index is 3.83. The Kier molecular flexibility index (Phi) is 3.76. The molecule has 0 N–H and O–H groups in total. The van der Waals surface area contributed by atoms with Gasteiger partial charge in [0.1, 0.15) is 6.17 Å². The number of rotatable bonds is 3. The van der Waals surface area contributed by atoms with Crippen LogP contribution in [0.1, 0.15) is 13.8 Å². The van der Waals surface area contributed by atoms with E-state index in [0.29, 0.717) is 0 Å². The highest BCUT2D eigenvalue weighted by molar-refractivity contribution is 5.23. The number of aliphatic imine (C=N–C) groups is 1. The Hall–Kier alpha value is -0.790. The zero-order valence-electron chi connectivity index (χ0n) is 6.33. The molecule has 0 aliphatic heterocycles. The Bertz CT molecular complexity index is 107. The van der Waals surface area contributed by atoms with Crippen molar-refractivity contribution >= 4 is 6.72 Å². The van der Waals surface area contributed by atoms with E-state index in [2.05, 4.69) is 11.7 Å². The monoisotopic (exact) mass is 126 g/mol. The molecule has 52 valence electrons. The fourth-order valence-corrected chi connectivity index (χ4v) is 0.488. The molecule has 0 spiro atoms. The molecular formula is C7H14N2. The Labute approximate surface area is 56.9 Å². The summed E-state index contributed by atoms with van der Waals surface area (Å²) in [6, 6.07) is 0. The van der Waals surface area contributed by atoms with Gasteiger partial charge in [-0.05, 0) is 26.8 Å². The van der Waals surface area contributed by atoms with Crippen LogP contribution in [0.15, 0.2) is 17.3 Å². The van der Waals surface area contributed by atoms with Crippen LogP contribution >= 0.6 is 0 Å². The van der Waals surface area contributed by atoms with E-state index >= 15 is 0 Å². The molecule has 0 heterocycles. The molecule has 0 fully saturated rings. The summed E-state index contributed by atoms with van der Waals surface area (Å²) in [5.74, 6) is 0. The summed E-state index contributed by atoms with van der Waals surface area (Å²) in [7, 11) is 1.97. The molecule has 0 saturated heterocycles. The van der Waals surface area contributed by atoms with Crippen molar-refractivity contribution in [2.45, 2.75) is 20.0 Å². The quantitative estimate of drug-likeness (QED) is 0.523. The normalized spacial score (nSPS) is 13.7. The molecule has 0 aromatic carbocycles. The van der Waals surface area contributed by atoms with E-state index in [1.807, 2.05) is 38.1 Å². The zero-order valence-corrected chi connectivity index (χ0v) is 6.33. The van der Waals surface area contributed by atoms with Crippen LogP contribution in [0.25, 0.3) is 0 Å². The molecule has 0 bridgehead atoms.